The van der Waals surface area contributed by atoms with Crippen LogP contribution < -0.4 is 15.4 Å². The molecule has 0 spiro atoms. The van der Waals surface area contributed by atoms with Crippen LogP contribution in [0, 0.1) is 5.92 Å². The predicted molar refractivity (Wildman–Crippen MR) is 73.1 cm³/mol. The van der Waals surface area contributed by atoms with E-state index in [0.29, 0.717) is 11.9 Å². The number of guanidine groups is 1. The molecule has 4 heteroatoms. The van der Waals surface area contributed by atoms with Crippen LogP contribution in [-0.4, -0.2) is 25.2 Å². The molecule has 0 bridgehead atoms. The molecular formula is C14H19N3O. The first kappa shape index (κ1) is 11.4. The summed E-state index contributed by atoms with van der Waals surface area (Å²) < 4.78 is 5.29. The molecule has 1 aromatic carbocycles. The van der Waals surface area contributed by atoms with Crippen molar-refractivity contribution in [3.05, 3.63) is 24.3 Å². The van der Waals surface area contributed by atoms with E-state index < -0.39 is 0 Å². The highest BCUT2D eigenvalue weighted by atomic mass is 16.5. The Morgan fingerprint density at radius 2 is 2.22 bits per heavy atom. The average Bonchev–Trinajstić information content (AvgIpc) is 3.18. The molecule has 2 aliphatic rings. The number of nitrogens with zero attached hydrogens (tertiary/aromatic N) is 2. The van der Waals surface area contributed by atoms with Crippen molar-refractivity contribution in [1.29, 1.82) is 0 Å². The fraction of sp³-hybridized carbons (Fsp3) is 0.500. The van der Waals surface area contributed by atoms with E-state index in [1.54, 1.807) is 7.11 Å². The van der Waals surface area contributed by atoms with E-state index in [1.807, 2.05) is 18.2 Å². The van der Waals surface area contributed by atoms with Crippen LogP contribution in [0.4, 0.5) is 5.69 Å². The van der Waals surface area contributed by atoms with E-state index >= 15 is 0 Å². The van der Waals surface area contributed by atoms with E-state index in [9.17, 15) is 0 Å². The van der Waals surface area contributed by atoms with Gasteiger partial charge in [0.05, 0.1) is 19.2 Å². The summed E-state index contributed by atoms with van der Waals surface area (Å²) in [7, 11) is 1.68. The molecule has 1 aliphatic heterocycles. The molecular weight excluding hydrogens is 226 g/mol. The van der Waals surface area contributed by atoms with Crippen LogP contribution in [0.3, 0.4) is 0 Å². The van der Waals surface area contributed by atoms with E-state index in [1.165, 1.54) is 12.8 Å². The van der Waals surface area contributed by atoms with Crippen LogP contribution in [0.5, 0.6) is 5.75 Å². The standard InChI is InChI=1S/C14H19N3O/c1-14(10-6-7-10)9-16-13(15)17(14)11-4-3-5-12(8-11)18-2/h3-5,8,10H,6-7,9H2,1-2H3,(H2,15,16). The van der Waals surface area contributed by atoms with Crippen LogP contribution in [0.1, 0.15) is 19.8 Å². The Bertz CT molecular complexity index is 496. The van der Waals surface area contributed by atoms with Gasteiger partial charge in [0.1, 0.15) is 5.75 Å². The molecule has 3 rings (SSSR count). The fourth-order valence-corrected chi connectivity index (χ4v) is 2.84. The smallest absolute Gasteiger partial charge is 0.196 e. The quantitative estimate of drug-likeness (QED) is 0.886. The van der Waals surface area contributed by atoms with Crippen LogP contribution in [0.2, 0.25) is 0 Å². The molecule has 1 fully saturated rings. The minimum absolute atomic E-state index is 0.0381. The molecule has 4 nitrogen and oxygen atoms in total. The second kappa shape index (κ2) is 3.90. The Labute approximate surface area is 107 Å². The van der Waals surface area contributed by atoms with Crippen molar-refractivity contribution < 1.29 is 4.74 Å². The van der Waals surface area contributed by atoms with Crippen LogP contribution >= 0.6 is 0 Å². The van der Waals surface area contributed by atoms with Gasteiger partial charge in [-0.15, -0.1) is 0 Å². The molecule has 1 aromatic rings. The molecule has 1 unspecified atom stereocenters. The molecule has 96 valence electrons. The molecule has 0 radical (unpaired) electrons. The Balaban J connectivity index is 1.99. The van der Waals surface area contributed by atoms with Crippen molar-refractivity contribution in [1.82, 2.24) is 0 Å². The van der Waals surface area contributed by atoms with Gasteiger partial charge in [0.25, 0.3) is 0 Å². The summed E-state index contributed by atoms with van der Waals surface area (Å²) in [5.74, 6) is 2.18. The second-order valence-electron chi connectivity index (χ2n) is 5.34. The molecule has 0 saturated heterocycles. The monoisotopic (exact) mass is 245 g/mol. The highest BCUT2D eigenvalue weighted by Crippen LogP contribution is 2.46. The lowest BCUT2D eigenvalue weighted by Gasteiger charge is -2.36. The number of benzene rings is 1. The summed E-state index contributed by atoms with van der Waals surface area (Å²) in [6, 6.07) is 8.03. The van der Waals surface area contributed by atoms with Crippen molar-refractivity contribution in [2.24, 2.45) is 16.6 Å². The minimum atomic E-state index is 0.0381. The van der Waals surface area contributed by atoms with Crippen molar-refractivity contribution in [2.75, 3.05) is 18.6 Å². The highest BCUT2D eigenvalue weighted by molar-refractivity contribution is 5.98. The Hall–Kier alpha value is -1.71. The van der Waals surface area contributed by atoms with Gasteiger partial charge in [0.15, 0.2) is 5.96 Å². The summed E-state index contributed by atoms with van der Waals surface area (Å²) in [6.45, 7) is 3.05. The van der Waals surface area contributed by atoms with E-state index in [-0.39, 0.29) is 5.54 Å². The molecule has 0 amide bonds. The predicted octanol–water partition coefficient (Wildman–Crippen LogP) is 2.00. The molecule has 1 aliphatic carbocycles. The van der Waals surface area contributed by atoms with Crippen LogP contribution in [0.15, 0.2) is 29.3 Å². The lowest BCUT2D eigenvalue weighted by atomic mass is 9.94. The zero-order chi connectivity index (χ0) is 12.8. The van der Waals surface area contributed by atoms with Gasteiger partial charge >= 0.3 is 0 Å². The highest BCUT2D eigenvalue weighted by Gasteiger charge is 2.49. The normalized spacial score (nSPS) is 27.2. The minimum Gasteiger partial charge on any atom is -0.497 e. The number of anilines is 1. The van der Waals surface area contributed by atoms with Gasteiger partial charge in [-0.1, -0.05) is 6.07 Å². The maximum absolute atomic E-state index is 6.08. The van der Waals surface area contributed by atoms with Gasteiger partial charge < -0.3 is 15.4 Å². The zero-order valence-electron chi connectivity index (χ0n) is 10.9. The first-order valence-electron chi connectivity index (χ1n) is 6.39. The number of rotatable bonds is 3. The number of nitrogens with two attached hydrogens (primary N) is 1. The lowest BCUT2D eigenvalue weighted by Crippen LogP contribution is -2.51. The van der Waals surface area contributed by atoms with Gasteiger partial charge in [0, 0.05) is 11.8 Å². The van der Waals surface area contributed by atoms with Crippen LogP contribution in [-0.2, 0) is 0 Å². The largest absolute Gasteiger partial charge is 0.497 e. The molecule has 1 saturated carbocycles. The van der Waals surface area contributed by atoms with Crippen molar-refractivity contribution in [3.8, 4) is 5.75 Å². The SMILES string of the molecule is COc1cccc(N2C(N)=NCC2(C)C2CC2)c1. The number of methoxy groups -OCH3 is 1. The number of hydrogen-bond acceptors (Lipinski definition) is 4. The summed E-state index contributed by atoms with van der Waals surface area (Å²) in [4.78, 5) is 6.62. The second-order valence-corrected chi connectivity index (χ2v) is 5.34. The Kier molecular flexibility index (Phi) is 2.47. The molecule has 18 heavy (non-hydrogen) atoms. The summed E-state index contributed by atoms with van der Waals surface area (Å²) in [6.07, 6.45) is 2.56. The Morgan fingerprint density at radius 1 is 1.44 bits per heavy atom. The molecule has 0 aromatic heterocycles. The average molecular weight is 245 g/mol. The Morgan fingerprint density at radius 3 is 2.89 bits per heavy atom. The summed E-state index contributed by atoms with van der Waals surface area (Å²) in [5, 5.41) is 0. The van der Waals surface area contributed by atoms with Gasteiger partial charge in [-0.25, -0.2) is 0 Å². The third-order valence-corrected chi connectivity index (χ3v) is 4.07. The van der Waals surface area contributed by atoms with Gasteiger partial charge in [0.2, 0.25) is 0 Å². The summed E-state index contributed by atoms with van der Waals surface area (Å²) in [5.41, 5.74) is 7.19. The lowest BCUT2D eigenvalue weighted by molar-refractivity contribution is 0.413. The van der Waals surface area contributed by atoms with Crippen molar-refractivity contribution in [2.45, 2.75) is 25.3 Å². The van der Waals surface area contributed by atoms with Gasteiger partial charge in [-0.3, -0.25) is 4.99 Å². The van der Waals surface area contributed by atoms with E-state index in [2.05, 4.69) is 22.9 Å². The molecule has 2 N–H and O–H groups in total. The van der Waals surface area contributed by atoms with Crippen molar-refractivity contribution >= 4 is 11.6 Å². The zero-order valence-corrected chi connectivity index (χ0v) is 10.9. The third-order valence-electron chi connectivity index (χ3n) is 4.07. The molecule has 1 heterocycles. The van der Waals surface area contributed by atoms with Gasteiger partial charge in [-0.2, -0.15) is 0 Å². The number of hydrogen-bond donors (Lipinski definition) is 1. The topological polar surface area (TPSA) is 50.9 Å². The first-order valence-corrected chi connectivity index (χ1v) is 6.39. The van der Waals surface area contributed by atoms with E-state index in [4.69, 9.17) is 10.5 Å². The van der Waals surface area contributed by atoms with Crippen molar-refractivity contribution in [3.63, 3.8) is 0 Å². The fourth-order valence-electron chi connectivity index (χ4n) is 2.84. The maximum Gasteiger partial charge on any atom is 0.196 e. The first-order chi connectivity index (χ1) is 8.65. The maximum atomic E-state index is 6.08. The molecule has 1 atom stereocenters. The third kappa shape index (κ3) is 1.64. The number of ether oxygens (including phenoxy) is 1. The van der Waals surface area contributed by atoms with E-state index in [0.717, 1.165) is 18.0 Å². The van der Waals surface area contributed by atoms with Crippen LogP contribution in [0.25, 0.3) is 0 Å². The number of aliphatic imine (C=N–C) groups is 1. The summed E-state index contributed by atoms with van der Waals surface area (Å²) >= 11 is 0. The van der Waals surface area contributed by atoms with Gasteiger partial charge in [-0.05, 0) is 37.8 Å².